The molecule has 0 aliphatic carbocycles. The highest BCUT2D eigenvalue weighted by atomic mass is 14.2. The first-order chi connectivity index (χ1) is 14.2. The lowest BCUT2D eigenvalue weighted by Gasteiger charge is -2.21. The summed E-state index contributed by atoms with van der Waals surface area (Å²) in [5, 5.41) is 4.90. The molecule has 29 heavy (non-hydrogen) atoms. The largest absolute Gasteiger partial charge is 0.0984 e. The Balaban J connectivity index is 2.90. The van der Waals surface area contributed by atoms with Gasteiger partial charge in [0, 0.05) is 0 Å². The Bertz CT molecular complexity index is 1210. The Morgan fingerprint density at radius 1 is 0.517 bits per heavy atom. The molecule has 0 atom stereocenters. The van der Waals surface area contributed by atoms with E-state index in [9.17, 15) is 0 Å². The van der Waals surface area contributed by atoms with Gasteiger partial charge in [-0.3, -0.25) is 0 Å². The van der Waals surface area contributed by atoms with E-state index >= 15 is 0 Å². The molecule has 0 aliphatic heterocycles. The van der Waals surface area contributed by atoms with E-state index in [1.807, 2.05) is 18.2 Å². The van der Waals surface area contributed by atoms with Gasteiger partial charge >= 0.3 is 0 Å². The molecule has 0 fully saturated rings. The van der Waals surface area contributed by atoms with Gasteiger partial charge in [0.1, 0.15) is 0 Å². The zero-order chi connectivity index (χ0) is 21.0. The topological polar surface area (TPSA) is 0 Å². The van der Waals surface area contributed by atoms with E-state index in [1.165, 1.54) is 38.2 Å². The minimum absolute atomic E-state index is 1.11. The molecule has 0 aromatic heterocycles. The van der Waals surface area contributed by atoms with Crippen molar-refractivity contribution >= 4 is 58.0 Å². The van der Waals surface area contributed by atoms with Gasteiger partial charge < -0.3 is 0 Å². The van der Waals surface area contributed by atoms with Crippen LogP contribution < -0.4 is 0 Å². The van der Waals surface area contributed by atoms with Crippen molar-refractivity contribution in [2.75, 3.05) is 0 Å². The van der Waals surface area contributed by atoms with Crippen molar-refractivity contribution in [3.05, 3.63) is 95.6 Å². The lowest BCUT2D eigenvalue weighted by Crippen LogP contribution is -1.99. The number of benzene rings is 3. The molecule has 3 rings (SSSR count). The maximum atomic E-state index is 4.14. The smallest absolute Gasteiger partial charge is 0.00140 e. The van der Waals surface area contributed by atoms with Crippen LogP contribution in [-0.4, -0.2) is 0 Å². The highest BCUT2D eigenvalue weighted by Gasteiger charge is 2.20. The van der Waals surface area contributed by atoms with Crippen molar-refractivity contribution < 1.29 is 0 Å². The quantitative estimate of drug-likeness (QED) is 0.376. The Morgan fingerprint density at radius 3 is 1.38 bits per heavy atom. The molecular formula is C29H28. The van der Waals surface area contributed by atoms with Gasteiger partial charge in [-0.15, -0.1) is 0 Å². The molecule has 0 radical (unpaired) electrons. The normalized spacial score (nSPS) is 12.0. The zero-order valence-corrected chi connectivity index (χ0v) is 17.6. The van der Waals surface area contributed by atoms with Crippen molar-refractivity contribution in [2.24, 2.45) is 0 Å². The molecule has 0 saturated carbocycles. The molecule has 0 heterocycles. The summed E-state index contributed by atoms with van der Waals surface area (Å²) in [5.74, 6) is 0. The van der Waals surface area contributed by atoms with Crippen molar-refractivity contribution in [1.29, 1.82) is 0 Å². The van der Waals surface area contributed by atoms with Crippen LogP contribution in [-0.2, 0) is 0 Å². The van der Waals surface area contributed by atoms with Gasteiger partial charge in [0.05, 0.1) is 0 Å². The van der Waals surface area contributed by atoms with Crippen LogP contribution in [0.1, 0.15) is 54.2 Å². The van der Waals surface area contributed by atoms with Crippen molar-refractivity contribution in [2.45, 2.75) is 20.8 Å². The number of hydrogen-bond donors (Lipinski definition) is 0. The SMILES string of the molecule is C=Cc1c(C=C)c(/C=C\C)c2c(c1/C=C\C)c(/C=C\C)c(C=C)c1ccccc12. The van der Waals surface area contributed by atoms with Crippen LogP contribution in [0.15, 0.2) is 62.2 Å². The monoisotopic (exact) mass is 376 g/mol. The van der Waals surface area contributed by atoms with Gasteiger partial charge in [0.15, 0.2) is 0 Å². The van der Waals surface area contributed by atoms with Crippen LogP contribution in [0.5, 0.6) is 0 Å². The molecule has 0 saturated heterocycles. The number of rotatable bonds is 6. The standard InChI is InChI=1S/C29H28/c1-7-15-24-20(10-4)21(11-5)25(16-8-2)29-27-19-14-13-18-23(27)22(12-6)26(17-9-3)28(24)29/h7-19H,4-6H2,1-3H3/b15-7-,16-8-,17-9-. The molecule has 3 aromatic rings. The van der Waals surface area contributed by atoms with E-state index in [4.69, 9.17) is 0 Å². The predicted octanol–water partition coefficient (Wildman–Crippen LogP) is 9.02. The van der Waals surface area contributed by atoms with Gasteiger partial charge in [-0.1, -0.05) is 98.7 Å². The van der Waals surface area contributed by atoms with Gasteiger partial charge in [-0.2, -0.15) is 0 Å². The van der Waals surface area contributed by atoms with Crippen LogP contribution in [0.3, 0.4) is 0 Å². The summed E-state index contributed by atoms with van der Waals surface area (Å²) >= 11 is 0. The first-order valence-electron chi connectivity index (χ1n) is 10.0. The fourth-order valence-corrected chi connectivity index (χ4v) is 4.28. The van der Waals surface area contributed by atoms with E-state index in [2.05, 4.69) is 101 Å². The zero-order valence-electron chi connectivity index (χ0n) is 17.6. The molecule has 0 N–H and O–H groups in total. The fourth-order valence-electron chi connectivity index (χ4n) is 4.28. The first-order valence-corrected chi connectivity index (χ1v) is 10.0. The van der Waals surface area contributed by atoms with Gasteiger partial charge in [0.2, 0.25) is 0 Å². The van der Waals surface area contributed by atoms with E-state index < -0.39 is 0 Å². The third-order valence-corrected chi connectivity index (χ3v) is 5.32. The summed E-state index contributed by atoms with van der Waals surface area (Å²) < 4.78 is 0. The second-order valence-corrected chi connectivity index (χ2v) is 6.89. The molecule has 0 aliphatic rings. The lowest BCUT2D eigenvalue weighted by molar-refractivity contribution is 1.58. The Hall–Kier alpha value is -3.38. The van der Waals surface area contributed by atoms with E-state index in [0.29, 0.717) is 0 Å². The van der Waals surface area contributed by atoms with Crippen molar-refractivity contribution in [1.82, 2.24) is 0 Å². The van der Waals surface area contributed by atoms with Crippen LogP contribution in [0.2, 0.25) is 0 Å². The summed E-state index contributed by atoms with van der Waals surface area (Å²) in [7, 11) is 0. The average molecular weight is 377 g/mol. The summed E-state index contributed by atoms with van der Waals surface area (Å²) in [6.45, 7) is 18.6. The molecule has 144 valence electrons. The van der Waals surface area contributed by atoms with Crippen LogP contribution in [0.25, 0.3) is 58.0 Å². The minimum Gasteiger partial charge on any atom is -0.0984 e. The van der Waals surface area contributed by atoms with Gasteiger partial charge in [-0.05, 0) is 75.7 Å². The van der Waals surface area contributed by atoms with E-state index in [0.717, 1.165) is 16.7 Å². The average Bonchev–Trinajstić information content (AvgIpc) is 2.74. The third kappa shape index (κ3) is 3.21. The summed E-state index contributed by atoms with van der Waals surface area (Å²) in [6, 6.07) is 8.59. The highest BCUT2D eigenvalue weighted by Crippen LogP contribution is 2.43. The Labute approximate surface area is 174 Å². The van der Waals surface area contributed by atoms with Gasteiger partial charge in [0.25, 0.3) is 0 Å². The highest BCUT2D eigenvalue weighted by molar-refractivity contribution is 6.21. The molecule has 0 bridgehead atoms. The van der Waals surface area contributed by atoms with Crippen molar-refractivity contribution in [3.8, 4) is 0 Å². The molecule has 3 aromatic carbocycles. The second kappa shape index (κ2) is 8.75. The van der Waals surface area contributed by atoms with E-state index in [1.54, 1.807) is 0 Å². The molecule has 0 nitrogen and oxygen atoms in total. The fraction of sp³-hybridized carbons (Fsp3) is 0.103. The summed E-state index contributed by atoms with van der Waals surface area (Å²) in [5.41, 5.74) is 6.91. The van der Waals surface area contributed by atoms with Crippen molar-refractivity contribution in [3.63, 3.8) is 0 Å². The summed E-state index contributed by atoms with van der Waals surface area (Å²) in [6.07, 6.45) is 18.7. The van der Waals surface area contributed by atoms with Crippen LogP contribution in [0, 0.1) is 0 Å². The molecule has 0 amide bonds. The first kappa shape index (κ1) is 20.4. The predicted molar refractivity (Wildman–Crippen MR) is 136 cm³/mol. The number of hydrogen-bond acceptors (Lipinski definition) is 0. The van der Waals surface area contributed by atoms with E-state index in [-0.39, 0.29) is 0 Å². The maximum Gasteiger partial charge on any atom is -0.00140 e. The maximum absolute atomic E-state index is 4.14. The summed E-state index contributed by atoms with van der Waals surface area (Å²) in [4.78, 5) is 0. The number of fused-ring (bicyclic) bond motifs is 3. The molecule has 0 unspecified atom stereocenters. The lowest BCUT2D eigenvalue weighted by atomic mass is 9.81. The number of allylic oxidation sites excluding steroid dienone is 3. The molecule has 0 heteroatoms. The molecular weight excluding hydrogens is 348 g/mol. The van der Waals surface area contributed by atoms with Crippen LogP contribution >= 0.6 is 0 Å². The third-order valence-electron chi connectivity index (χ3n) is 5.32. The second-order valence-electron chi connectivity index (χ2n) is 6.89. The minimum atomic E-state index is 1.11. The Kier molecular flexibility index (Phi) is 6.14. The van der Waals surface area contributed by atoms with Gasteiger partial charge in [-0.25, -0.2) is 0 Å². The van der Waals surface area contributed by atoms with Crippen LogP contribution in [0.4, 0.5) is 0 Å². The Morgan fingerprint density at radius 2 is 0.931 bits per heavy atom. The molecule has 0 spiro atoms.